The minimum Gasteiger partial charge on any atom is -0.496 e. The number of thiazole rings is 1. The van der Waals surface area contributed by atoms with Crippen LogP contribution >= 0.6 is 39.5 Å². The lowest BCUT2D eigenvalue weighted by Gasteiger charge is -2.09. The number of methoxy groups -OCH3 is 1. The normalized spacial score (nSPS) is 10.3. The number of aromatic nitrogens is 1. The van der Waals surface area contributed by atoms with Crippen LogP contribution in [0.5, 0.6) is 5.75 Å². The summed E-state index contributed by atoms with van der Waals surface area (Å²) in [5, 5.41) is 18.6. The lowest BCUT2D eigenvalue weighted by atomic mass is 10.1. The molecule has 0 aliphatic carbocycles. The lowest BCUT2D eigenvalue weighted by Crippen LogP contribution is -2.34. The van der Waals surface area contributed by atoms with Crippen LogP contribution in [0.1, 0.15) is 10.4 Å². The molecular weight excluding hydrogens is 480 g/mol. The number of nitro groups is 1. The zero-order valence-corrected chi connectivity index (χ0v) is 18.1. The summed E-state index contributed by atoms with van der Waals surface area (Å²) in [5.41, 5.74) is 1.56. The van der Waals surface area contributed by atoms with E-state index in [4.69, 9.17) is 17.0 Å². The van der Waals surface area contributed by atoms with Gasteiger partial charge in [0.1, 0.15) is 5.75 Å². The van der Waals surface area contributed by atoms with Crippen LogP contribution in [0, 0.1) is 10.1 Å². The molecule has 3 rings (SSSR count). The highest BCUT2D eigenvalue weighted by Crippen LogP contribution is 2.28. The van der Waals surface area contributed by atoms with Crippen LogP contribution in [-0.2, 0) is 0 Å². The van der Waals surface area contributed by atoms with Gasteiger partial charge < -0.3 is 10.1 Å². The highest BCUT2D eigenvalue weighted by atomic mass is 79.9. The fourth-order valence-electron chi connectivity index (χ4n) is 2.35. The molecule has 1 aromatic heterocycles. The van der Waals surface area contributed by atoms with Gasteiger partial charge in [-0.25, -0.2) is 4.98 Å². The molecule has 8 nitrogen and oxygen atoms in total. The molecule has 2 N–H and O–H groups in total. The van der Waals surface area contributed by atoms with Crippen molar-refractivity contribution in [2.45, 2.75) is 0 Å². The van der Waals surface area contributed by atoms with Crippen molar-refractivity contribution < 1.29 is 14.5 Å². The first kappa shape index (κ1) is 20.8. The van der Waals surface area contributed by atoms with Crippen molar-refractivity contribution in [1.29, 1.82) is 0 Å². The molecule has 29 heavy (non-hydrogen) atoms. The van der Waals surface area contributed by atoms with Crippen LogP contribution in [0.2, 0.25) is 0 Å². The van der Waals surface area contributed by atoms with Gasteiger partial charge in [0.05, 0.1) is 22.2 Å². The summed E-state index contributed by atoms with van der Waals surface area (Å²) in [6.45, 7) is 0. The van der Waals surface area contributed by atoms with Gasteiger partial charge in [-0.1, -0.05) is 12.1 Å². The van der Waals surface area contributed by atoms with Gasteiger partial charge >= 0.3 is 0 Å². The predicted octanol–water partition coefficient (Wildman–Crippen LogP) is 4.62. The molecule has 3 aromatic rings. The average Bonchev–Trinajstić information content (AvgIpc) is 3.16. The Bertz CT molecular complexity index is 1100. The summed E-state index contributed by atoms with van der Waals surface area (Å²) in [6.07, 6.45) is 0. The second-order valence-corrected chi connectivity index (χ2v) is 7.72. The Balaban J connectivity index is 1.66. The van der Waals surface area contributed by atoms with Gasteiger partial charge in [-0.3, -0.25) is 20.2 Å². The van der Waals surface area contributed by atoms with E-state index in [0.717, 1.165) is 0 Å². The largest absolute Gasteiger partial charge is 0.496 e. The number of halogens is 1. The summed E-state index contributed by atoms with van der Waals surface area (Å²) in [7, 11) is 1.54. The Hall–Kier alpha value is -2.89. The van der Waals surface area contributed by atoms with E-state index in [2.05, 4.69) is 31.5 Å². The number of carbonyl (C=O) groups is 1. The molecule has 2 aromatic carbocycles. The van der Waals surface area contributed by atoms with Crippen molar-refractivity contribution in [2.75, 3.05) is 12.4 Å². The first-order valence-electron chi connectivity index (χ1n) is 8.03. The minimum absolute atomic E-state index is 0.0153. The van der Waals surface area contributed by atoms with Crippen LogP contribution in [0.25, 0.3) is 11.3 Å². The number of nitrogens with one attached hydrogen (secondary N) is 2. The van der Waals surface area contributed by atoms with E-state index in [9.17, 15) is 14.9 Å². The van der Waals surface area contributed by atoms with Gasteiger partial charge in [-0.2, -0.15) is 0 Å². The van der Waals surface area contributed by atoms with Crippen molar-refractivity contribution in [3.8, 4) is 17.0 Å². The van der Waals surface area contributed by atoms with Crippen molar-refractivity contribution in [3.05, 3.63) is 68.0 Å². The molecule has 0 spiro atoms. The minimum atomic E-state index is -0.461. The number of hydrogen-bond acceptors (Lipinski definition) is 7. The quantitative estimate of drug-likeness (QED) is 0.304. The first-order chi connectivity index (χ1) is 13.9. The number of amides is 1. The number of rotatable bonds is 5. The molecule has 0 aliphatic rings. The second-order valence-electron chi connectivity index (χ2n) is 5.60. The lowest BCUT2D eigenvalue weighted by molar-refractivity contribution is -0.384. The van der Waals surface area contributed by atoms with E-state index in [1.165, 1.54) is 30.6 Å². The van der Waals surface area contributed by atoms with Crippen LogP contribution in [0.15, 0.2) is 52.3 Å². The Morgan fingerprint density at radius 1 is 1.31 bits per heavy atom. The number of carbonyl (C=O) groups excluding carboxylic acids is 1. The van der Waals surface area contributed by atoms with E-state index in [0.29, 0.717) is 32.2 Å². The SMILES string of the molecule is COc1ccc(C(=O)NC(=S)Nc2nc(-c3cccc([N+](=O)[O-])c3)cs2)cc1Br. The molecule has 0 radical (unpaired) electrons. The highest BCUT2D eigenvalue weighted by molar-refractivity contribution is 9.10. The van der Waals surface area contributed by atoms with Gasteiger partial charge in [-0.15, -0.1) is 11.3 Å². The summed E-state index contributed by atoms with van der Waals surface area (Å²) < 4.78 is 5.78. The van der Waals surface area contributed by atoms with E-state index in [1.807, 2.05) is 0 Å². The smallest absolute Gasteiger partial charge is 0.270 e. The maximum absolute atomic E-state index is 12.3. The van der Waals surface area contributed by atoms with Crippen molar-refractivity contribution in [2.24, 2.45) is 0 Å². The number of ether oxygens (including phenoxy) is 1. The fraction of sp³-hybridized carbons (Fsp3) is 0.0556. The molecule has 0 bridgehead atoms. The Morgan fingerprint density at radius 2 is 2.10 bits per heavy atom. The predicted molar refractivity (Wildman–Crippen MR) is 119 cm³/mol. The van der Waals surface area contributed by atoms with Crippen molar-refractivity contribution in [3.63, 3.8) is 0 Å². The monoisotopic (exact) mass is 492 g/mol. The fourth-order valence-corrected chi connectivity index (χ4v) is 3.87. The average molecular weight is 493 g/mol. The molecule has 148 valence electrons. The first-order valence-corrected chi connectivity index (χ1v) is 10.1. The molecule has 11 heteroatoms. The molecule has 0 atom stereocenters. The van der Waals surface area contributed by atoms with Crippen LogP contribution in [0.3, 0.4) is 0 Å². The number of benzene rings is 2. The van der Waals surface area contributed by atoms with Crippen molar-refractivity contribution in [1.82, 2.24) is 10.3 Å². The number of non-ortho nitro benzene ring substituents is 1. The van der Waals surface area contributed by atoms with E-state index in [-0.39, 0.29) is 16.7 Å². The highest BCUT2D eigenvalue weighted by Gasteiger charge is 2.13. The molecule has 0 saturated carbocycles. The van der Waals surface area contributed by atoms with Crippen LogP contribution in [0.4, 0.5) is 10.8 Å². The van der Waals surface area contributed by atoms with E-state index >= 15 is 0 Å². The molecule has 0 aliphatic heterocycles. The zero-order valence-electron chi connectivity index (χ0n) is 14.8. The summed E-state index contributed by atoms with van der Waals surface area (Å²) in [4.78, 5) is 27.2. The maximum Gasteiger partial charge on any atom is 0.270 e. The molecule has 1 amide bonds. The third kappa shape index (κ3) is 5.13. The van der Waals surface area contributed by atoms with Gasteiger partial charge in [0.2, 0.25) is 0 Å². The zero-order chi connectivity index (χ0) is 21.0. The van der Waals surface area contributed by atoms with Crippen molar-refractivity contribution >= 4 is 61.3 Å². The third-order valence-electron chi connectivity index (χ3n) is 3.72. The summed E-state index contributed by atoms with van der Waals surface area (Å²) in [5.74, 6) is 0.222. The van der Waals surface area contributed by atoms with Crippen LogP contribution in [-0.4, -0.2) is 28.0 Å². The van der Waals surface area contributed by atoms with Gasteiger partial charge in [0.25, 0.3) is 11.6 Å². The summed E-state index contributed by atoms with van der Waals surface area (Å²) >= 11 is 9.77. The second kappa shape index (κ2) is 9.07. The Morgan fingerprint density at radius 3 is 2.79 bits per heavy atom. The van der Waals surface area contributed by atoms with Gasteiger partial charge in [0.15, 0.2) is 10.2 Å². The Labute approximate surface area is 183 Å². The topological polar surface area (TPSA) is 106 Å². The molecule has 0 fully saturated rings. The number of nitrogens with zero attached hydrogens (tertiary/aromatic N) is 2. The summed E-state index contributed by atoms with van der Waals surface area (Å²) in [6, 6.07) is 11.1. The van der Waals surface area contributed by atoms with Gasteiger partial charge in [-0.05, 0) is 46.3 Å². The number of hydrogen-bond donors (Lipinski definition) is 2. The van der Waals surface area contributed by atoms with E-state index in [1.54, 1.807) is 35.7 Å². The molecule has 0 unspecified atom stereocenters. The maximum atomic E-state index is 12.3. The van der Waals surface area contributed by atoms with E-state index < -0.39 is 4.92 Å². The van der Waals surface area contributed by atoms with Crippen LogP contribution < -0.4 is 15.4 Å². The molecule has 0 saturated heterocycles. The number of nitro benzene ring substituents is 1. The molecular formula is C18H13BrN4O4S2. The Kier molecular flexibility index (Phi) is 6.52. The standard InChI is InChI=1S/C18H13BrN4O4S2/c1-27-15-6-5-11(8-13(15)19)16(24)21-17(28)22-18-20-14(9-29-18)10-3-2-4-12(7-10)23(25)26/h2-9H,1H3,(H2,20,21,22,24,28). The number of thiocarbonyl (C=S) groups is 1. The van der Waals surface area contributed by atoms with Gasteiger partial charge in [0, 0.05) is 28.6 Å². The number of anilines is 1. The molecule has 1 heterocycles. The third-order valence-corrected chi connectivity index (χ3v) is 5.30.